The van der Waals surface area contributed by atoms with E-state index in [1.807, 2.05) is 78.3 Å². The van der Waals surface area contributed by atoms with Crippen molar-refractivity contribution in [1.82, 2.24) is 4.90 Å². The summed E-state index contributed by atoms with van der Waals surface area (Å²) in [5, 5.41) is 2.92. The fourth-order valence-electron chi connectivity index (χ4n) is 5.10. The molecule has 2 amide bonds. The molecule has 0 unspecified atom stereocenters. The van der Waals surface area contributed by atoms with Crippen molar-refractivity contribution in [3.05, 3.63) is 89.0 Å². The zero-order valence-corrected chi connectivity index (χ0v) is 21.9. The van der Waals surface area contributed by atoms with E-state index in [2.05, 4.69) is 11.4 Å². The summed E-state index contributed by atoms with van der Waals surface area (Å²) in [5.41, 5.74) is 6.74. The monoisotopic (exact) mass is 510 g/mol. The molecule has 0 atom stereocenters. The predicted octanol–water partition coefficient (Wildman–Crippen LogP) is 3.88. The molecule has 1 N–H and O–H groups in total. The Balaban J connectivity index is 1.58. The van der Waals surface area contributed by atoms with Crippen LogP contribution in [0.2, 0.25) is 0 Å². The third kappa shape index (κ3) is 4.54. The Labute approximate surface area is 222 Å². The van der Waals surface area contributed by atoms with Gasteiger partial charge in [-0.15, -0.1) is 0 Å². The van der Waals surface area contributed by atoms with Crippen LogP contribution in [-0.4, -0.2) is 64.0 Å². The number of amides is 2. The standard InChI is InChI=1S/C30H30N4O4/c1-32(2)18-26(35)34-15-14-20-16-22(11-13-25(20)34)33(3)28(19-8-6-5-7-9-19)27-23-12-10-21(30(37)38-4)17-24(23)31-29(27)36/h5-13,16-17H,14-15,18H2,1-4H3,(H,31,36). The van der Waals surface area contributed by atoms with E-state index in [4.69, 9.17) is 4.74 Å². The fraction of sp³-hybridized carbons (Fsp3) is 0.233. The molecule has 0 saturated carbocycles. The van der Waals surface area contributed by atoms with Crippen LogP contribution in [0.5, 0.6) is 0 Å². The second-order valence-corrected chi connectivity index (χ2v) is 9.70. The average Bonchev–Trinajstić information content (AvgIpc) is 3.48. The van der Waals surface area contributed by atoms with Gasteiger partial charge in [-0.05, 0) is 62.0 Å². The van der Waals surface area contributed by atoms with Crippen molar-refractivity contribution in [2.24, 2.45) is 0 Å². The molecule has 0 radical (unpaired) electrons. The second kappa shape index (κ2) is 10.1. The average molecular weight is 511 g/mol. The number of benzene rings is 3. The number of ether oxygens (including phenoxy) is 1. The largest absolute Gasteiger partial charge is 0.465 e. The first kappa shape index (κ1) is 25.2. The van der Waals surface area contributed by atoms with Crippen molar-refractivity contribution in [3.8, 4) is 0 Å². The highest BCUT2D eigenvalue weighted by Gasteiger charge is 2.32. The Kier molecular flexibility index (Phi) is 6.73. The minimum absolute atomic E-state index is 0.0764. The quantitative estimate of drug-likeness (QED) is 0.400. The molecule has 0 spiro atoms. The molecule has 38 heavy (non-hydrogen) atoms. The smallest absolute Gasteiger partial charge is 0.337 e. The van der Waals surface area contributed by atoms with Gasteiger partial charge in [-0.2, -0.15) is 0 Å². The highest BCUT2D eigenvalue weighted by atomic mass is 16.5. The van der Waals surface area contributed by atoms with Crippen LogP contribution >= 0.6 is 0 Å². The molecule has 2 aliphatic heterocycles. The number of nitrogens with one attached hydrogen (secondary N) is 1. The number of rotatable bonds is 6. The van der Waals surface area contributed by atoms with Crippen LogP contribution in [0.1, 0.15) is 27.0 Å². The van der Waals surface area contributed by atoms with Crippen molar-refractivity contribution >= 4 is 46.1 Å². The van der Waals surface area contributed by atoms with E-state index in [-0.39, 0.29) is 11.8 Å². The van der Waals surface area contributed by atoms with E-state index in [0.717, 1.165) is 40.2 Å². The number of hydrogen-bond donors (Lipinski definition) is 1. The first-order valence-corrected chi connectivity index (χ1v) is 12.4. The van der Waals surface area contributed by atoms with Gasteiger partial charge in [0.1, 0.15) is 0 Å². The van der Waals surface area contributed by atoms with Crippen LogP contribution in [0.3, 0.4) is 0 Å². The molecule has 0 saturated heterocycles. The summed E-state index contributed by atoms with van der Waals surface area (Å²) >= 11 is 0. The maximum absolute atomic E-state index is 13.4. The van der Waals surface area contributed by atoms with Crippen LogP contribution < -0.4 is 15.1 Å². The number of nitrogens with zero attached hydrogens (tertiary/aromatic N) is 3. The van der Waals surface area contributed by atoms with Crippen LogP contribution in [0.4, 0.5) is 17.1 Å². The minimum Gasteiger partial charge on any atom is -0.465 e. The summed E-state index contributed by atoms with van der Waals surface area (Å²) in [5.74, 6) is -0.627. The molecular weight excluding hydrogens is 480 g/mol. The van der Waals surface area contributed by atoms with Crippen molar-refractivity contribution < 1.29 is 19.1 Å². The van der Waals surface area contributed by atoms with Gasteiger partial charge < -0.3 is 24.8 Å². The Morgan fingerprint density at radius 3 is 2.45 bits per heavy atom. The maximum Gasteiger partial charge on any atom is 0.337 e. The van der Waals surface area contributed by atoms with Gasteiger partial charge >= 0.3 is 5.97 Å². The van der Waals surface area contributed by atoms with E-state index >= 15 is 0 Å². The van der Waals surface area contributed by atoms with Gasteiger partial charge in [0.2, 0.25) is 5.91 Å². The third-order valence-electron chi connectivity index (χ3n) is 6.90. The SMILES string of the molecule is COC(=O)c1ccc2c(c1)NC(=O)C2=C(c1ccccc1)N(C)c1ccc2c(c1)CCN2C(=O)CN(C)C. The van der Waals surface area contributed by atoms with Crippen LogP contribution in [-0.2, 0) is 20.7 Å². The lowest BCUT2D eigenvalue weighted by molar-refractivity contribution is -0.119. The van der Waals surface area contributed by atoms with Crippen LogP contribution in [0.25, 0.3) is 11.3 Å². The van der Waals surface area contributed by atoms with Crippen LogP contribution in [0.15, 0.2) is 66.7 Å². The van der Waals surface area contributed by atoms with E-state index in [9.17, 15) is 14.4 Å². The fourth-order valence-corrected chi connectivity index (χ4v) is 5.10. The molecule has 0 fully saturated rings. The highest BCUT2D eigenvalue weighted by Crippen LogP contribution is 2.41. The number of hydrogen-bond acceptors (Lipinski definition) is 6. The van der Waals surface area contributed by atoms with Crippen LogP contribution in [0, 0.1) is 0 Å². The topological polar surface area (TPSA) is 82.2 Å². The molecule has 2 aliphatic rings. The number of fused-ring (bicyclic) bond motifs is 2. The normalized spacial score (nSPS) is 15.2. The lowest BCUT2D eigenvalue weighted by Crippen LogP contribution is -2.36. The Morgan fingerprint density at radius 1 is 0.974 bits per heavy atom. The number of esters is 1. The van der Waals surface area contributed by atoms with E-state index in [1.165, 1.54) is 7.11 Å². The van der Waals surface area contributed by atoms with Gasteiger partial charge in [0, 0.05) is 30.5 Å². The van der Waals surface area contributed by atoms with Crippen molar-refractivity contribution in [1.29, 1.82) is 0 Å². The molecule has 3 aromatic carbocycles. The zero-order chi connectivity index (χ0) is 27.0. The molecule has 0 aliphatic carbocycles. The van der Waals surface area contributed by atoms with E-state index in [0.29, 0.717) is 29.9 Å². The number of carbonyl (C=O) groups is 3. The third-order valence-corrected chi connectivity index (χ3v) is 6.90. The van der Waals surface area contributed by atoms with E-state index < -0.39 is 5.97 Å². The summed E-state index contributed by atoms with van der Waals surface area (Å²) in [6, 6.07) is 20.9. The summed E-state index contributed by atoms with van der Waals surface area (Å²) in [7, 11) is 7.04. The molecule has 2 heterocycles. The lowest BCUT2D eigenvalue weighted by Gasteiger charge is -2.26. The van der Waals surface area contributed by atoms with Gasteiger partial charge in [0.15, 0.2) is 0 Å². The van der Waals surface area contributed by atoms with Gasteiger partial charge in [-0.25, -0.2) is 4.79 Å². The Morgan fingerprint density at radius 2 is 1.74 bits per heavy atom. The van der Waals surface area contributed by atoms with E-state index in [1.54, 1.807) is 18.2 Å². The van der Waals surface area contributed by atoms with Gasteiger partial charge in [-0.1, -0.05) is 36.4 Å². The van der Waals surface area contributed by atoms with Gasteiger partial charge in [0.05, 0.1) is 36.2 Å². The van der Waals surface area contributed by atoms with Gasteiger partial charge in [0.25, 0.3) is 5.91 Å². The summed E-state index contributed by atoms with van der Waals surface area (Å²) in [4.78, 5) is 43.9. The number of anilines is 3. The minimum atomic E-state index is -0.462. The second-order valence-electron chi connectivity index (χ2n) is 9.70. The summed E-state index contributed by atoms with van der Waals surface area (Å²) < 4.78 is 4.84. The van der Waals surface area contributed by atoms with Gasteiger partial charge in [-0.3, -0.25) is 9.59 Å². The predicted molar refractivity (Wildman–Crippen MR) is 149 cm³/mol. The molecular formula is C30H30N4O4. The number of carbonyl (C=O) groups excluding carboxylic acids is 3. The van der Waals surface area contributed by atoms with Crippen molar-refractivity contribution in [2.75, 3.05) is 56.5 Å². The molecule has 0 bridgehead atoms. The molecule has 8 heteroatoms. The Bertz CT molecular complexity index is 1460. The molecule has 3 aromatic rings. The lowest BCUT2D eigenvalue weighted by atomic mass is 9.98. The number of methoxy groups -OCH3 is 1. The van der Waals surface area contributed by atoms with Crippen molar-refractivity contribution in [2.45, 2.75) is 6.42 Å². The zero-order valence-electron chi connectivity index (χ0n) is 21.9. The maximum atomic E-state index is 13.4. The first-order valence-electron chi connectivity index (χ1n) is 12.4. The molecule has 0 aromatic heterocycles. The first-order chi connectivity index (χ1) is 18.3. The molecule has 194 valence electrons. The molecule has 8 nitrogen and oxygen atoms in total. The summed E-state index contributed by atoms with van der Waals surface area (Å²) in [6.45, 7) is 1.01. The Hall–Kier alpha value is -4.43. The molecule has 5 rings (SSSR count). The highest BCUT2D eigenvalue weighted by molar-refractivity contribution is 6.37. The summed E-state index contributed by atoms with van der Waals surface area (Å²) in [6.07, 6.45) is 0.771. The number of likely N-dealkylation sites (N-methyl/N-ethyl adjacent to an activating group) is 1. The van der Waals surface area contributed by atoms with Crippen molar-refractivity contribution in [3.63, 3.8) is 0 Å².